The van der Waals surface area contributed by atoms with Crippen molar-refractivity contribution in [2.45, 2.75) is 61.3 Å². The summed E-state index contributed by atoms with van der Waals surface area (Å²) in [5.41, 5.74) is 3.15. The molecule has 42 heavy (non-hydrogen) atoms. The summed E-state index contributed by atoms with van der Waals surface area (Å²) >= 11 is 0. The van der Waals surface area contributed by atoms with Crippen molar-refractivity contribution >= 4 is 29.1 Å². The van der Waals surface area contributed by atoms with E-state index in [0.29, 0.717) is 30.8 Å². The van der Waals surface area contributed by atoms with E-state index in [1.807, 2.05) is 19.1 Å². The molecule has 0 spiro atoms. The van der Waals surface area contributed by atoms with Crippen molar-refractivity contribution in [3.05, 3.63) is 71.1 Å². The number of nitrogens with zero attached hydrogens (tertiary/aromatic N) is 2. The Kier molecular flexibility index (Phi) is 8.63. The highest BCUT2D eigenvalue weighted by Gasteiger charge is 2.45. The Morgan fingerprint density at radius 3 is 2.64 bits per heavy atom. The van der Waals surface area contributed by atoms with Gasteiger partial charge < -0.3 is 24.7 Å². The number of anilines is 1. The third-order valence-electron chi connectivity index (χ3n) is 7.64. The number of ether oxygens (including phenoxy) is 1. The number of rotatable bonds is 13. The summed E-state index contributed by atoms with van der Waals surface area (Å²) in [6, 6.07) is 8.02. The van der Waals surface area contributed by atoms with Gasteiger partial charge in [-0.3, -0.25) is 4.52 Å². The van der Waals surface area contributed by atoms with E-state index in [4.69, 9.17) is 14.5 Å². The molecule has 3 N–H and O–H groups in total. The Labute approximate surface area is 243 Å². The predicted octanol–water partition coefficient (Wildman–Crippen LogP) is 4.62. The average Bonchev–Trinajstić information content (AvgIpc) is 3.72. The fraction of sp³-hybridized carbons (Fsp3) is 0.464. The van der Waals surface area contributed by atoms with Crippen LogP contribution in [-0.2, 0) is 23.7 Å². The van der Waals surface area contributed by atoms with Gasteiger partial charge in [-0.2, -0.15) is 8.78 Å². The van der Waals surface area contributed by atoms with Crippen LogP contribution >= 0.6 is 7.82 Å². The molecule has 10 nitrogen and oxygen atoms in total. The minimum absolute atomic E-state index is 0.0269. The van der Waals surface area contributed by atoms with Crippen molar-refractivity contribution in [3.8, 4) is 0 Å². The van der Waals surface area contributed by atoms with Crippen LogP contribution in [0.3, 0.4) is 0 Å². The third-order valence-corrected chi connectivity index (χ3v) is 10.4. The van der Waals surface area contributed by atoms with Crippen molar-refractivity contribution in [2.24, 2.45) is 0 Å². The summed E-state index contributed by atoms with van der Waals surface area (Å²) in [6.07, 6.45) is 1.97. The molecule has 1 aliphatic heterocycles. The van der Waals surface area contributed by atoms with Gasteiger partial charge in [0.05, 0.1) is 29.2 Å². The van der Waals surface area contributed by atoms with Gasteiger partial charge in [0.2, 0.25) is 0 Å². The molecular formula is C28H34F2N3O7PS. The molecule has 0 amide bonds. The number of allylic oxidation sites excluding steroid dienone is 2. The molecular weight excluding hydrogens is 591 g/mol. The molecule has 1 aromatic heterocycles. The van der Waals surface area contributed by atoms with Crippen LogP contribution in [0.4, 0.5) is 14.6 Å². The fourth-order valence-corrected chi connectivity index (χ4v) is 7.37. The molecule has 0 saturated heterocycles. The molecule has 1 fully saturated rings. The number of halogens is 2. The fourth-order valence-electron chi connectivity index (χ4n) is 5.35. The SMILES string of the molecule is CCN(CCOP(=O)(O)O)CCC(F)(F)OC1=CC=C(c2cccc(S(=O)(=O)C3CC3)c2)C2c3cc(C)cnc3NC12. The number of phosphoric ester groups is 1. The number of phosphoric acid groups is 1. The van der Waals surface area contributed by atoms with Gasteiger partial charge in [0.15, 0.2) is 9.84 Å². The monoisotopic (exact) mass is 625 g/mol. The Bertz CT molecular complexity index is 1560. The van der Waals surface area contributed by atoms with Gasteiger partial charge in [-0.15, -0.1) is 0 Å². The molecule has 2 aromatic rings. The third kappa shape index (κ3) is 6.93. The molecule has 2 atom stereocenters. The number of sulfone groups is 1. The number of fused-ring (bicyclic) bond motifs is 3. The largest absolute Gasteiger partial charge is 0.469 e. The van der Waals surface area contributed by atoms with Crippen molar-refractivity contribution in [1.29, 1.82) is 0 Å². The van der Waals surface area contributed by atoms with Crippen LogP contribution in [0.25, 0.3) is 5.57 Å². The number of aromatic nitrogens is 1. The standard InChI is InChI=1S/C28H34F2N3O7PS/c1-3-33(13-14-39-41(34,35)36)12-11-28(29,30)40-24-10-9-22(25-23-15-18(2)17-31-27(23)32-26(24)25)19-5-4-6-21(16-19)42(37,38)20-7-8-20/h4-6,9-10,15-17,20,25-26H,3,7-8,11-14H2,1-2H3,(H,31,32)(H2,34,35,36). The van der Waals surface area contributed by atoms with Crippen molar-refractivity contribution < 1.29 is 40.8 Å². The first-order valence-electron chi connectivity index (χ1n) is 13.8. The summed E-state index contributed by atoms with van der Waals surface area (Å²) in [5, 5.41) is 2.87. The van der Waals surface area contributed by atoms with Gasteiger partial charge in [-0.1, -0.05) is 31.2 Å². The van der Waals surface area contributed by atoms with Crippen LogP contribution in [-0.4, -0.2) is 71.7 Å². The van der Waals surface area contributed by atoms with Crippen LogP contribution in [0.5, 0.6) is 0 Å². The highest BCUT2D eigenvalue weighted by molar-refractivity contribution is 7.92. The van der Waals surface area contributed by atoms with E-state index < -0.39 is 42.1 Å². The van der Waals surface area contributed by atoms with Gasteiger partial charge in [-0.05, 0) is 61.2 Å². The summed E-state index contributed by atoms with van der Waals surface area (Å²) in [4.78, 5) is 24.0. The lowest BCUT2D eigenvalue weighted by Gasteiger charge is -2.32. The van der Waals surface area contributed by atoms with Crippen molar-refractivity contribution in [1.82, 2.24) is 9.88 Å². The minimum atomic E-state index is -4.64. The topological polar surface area (TPSA) is 138 Å². The predicted molar refractivity (Wildman–Crippen MR) is 153 cm³/mol. The van der Waals surface area contributed by atoms with Gasteiger partial charge in [-0.25, -0.2) is 18.0 Å². The van der Waals surface area contributed by atoms with E-state index in [0.717, 1.165) is 16.7 Å². The van der Waals surface area contributed by atoms with Crippen molar-refractivity contribution in [3.63, 3.8) is 0 Å². The Morgan fingerprint density at radius 1 is 1.19 bits per heavy atom. The second-order valence-electron chi connectivity index (χ2n) is 10.8. The molecule has 0 radical (unpaired) electrons. The average molecular weight is 626 g/mol. The zero-order valence-corrected chi connectivity index (χ0v) is 25.0. The molecule has 2 heterocycles. The molecule has 1 saturated carbocycles. The van der Waals surface area contributed by atoms with Gasteiger partial charge in [0.1, 0.15) is 11.6 Å². The minimum Gasteiger partial charge on any atom is -0.435 e. The first-order valence-corrected chi connectivity index (χ1v) is 16.8. The van der Waals surface area contributed by atoms with E-state index in [2.05, 4.69) is 14.8 Å². The Morgan fingerprint density at radius 2 is 1.95 bits per heavy atom. The maximum Gasteiger partial charge on any atom is 0.469 e. The van der Waals surface area contributed by atoms with E-state index in [1.54, 1.807) is 42.3 Å². The van der Waals surface area contributed by atoms with Crippen molar-refractivity contribution in [2.75, 3.05) is 31.6 Å². The molecule has 0 bridgehead atoms. The number of nitrogens with one attached hydrogen (secondary N) is 1. The highest BCUT2D eigenvalue weighted by Crippen LogP contribution is 2.49. The second kappa shape index (κ2) is 11.8. The number of benzene rings is 1. The van der Waals surface area contributed by atoms with Crippen LogP contribution in [0.15, 0.2) is 59.3 Å². The van der Waals surface area contributed by atoms with E-state index in [-0.39, 0.29) is 35.6 Å². The zero-order valence-electron chi connectivity index (χ0n) is 23.2. The van der Waals surface area contributed by atoms with Gasteiger partial charge in [0, 0.05) is 30.8 Å². The lowest BCUT2D eigenvalue weighted by Crippen LogP contribution is -2.36. The molecule has 5 rings (SSSR count). The quantitative estimate of drug-likeness (QED) is 0.271. The molecule has 2 unspecified atom stereocenters. The summed E-state index contributed by atoms with van der Waals surface area (Å²) in [7, 11) is -8.07. The second-order valence-corrected chi connectivity index (χ2v) is 14.2. The molecule has 228 valence electrons. The number of pyridine rings is 1. The van der Waals surface area contributed by atoms with Crippen LogP contribution in [0, 0.1) is 6.92 Å². The van der Waals surface area contributed by atoms with Crippen LogP contribution < -0.4 is 5.32 Å². The van der Waals surface area contributed by atoms with E-state index in [9.17, 15) is 13.0 Å². The molecule has 14 heteroatoms. The summed E-state index contributed by atoms with van der Waals surface area (Å²) < 4.78 is 76.9. The van der Waals surface area contributed by atoms with Gasteiger partial charge >= 0.3 is 13.9 Å². The lowest BCUT2D eigenvalue weighted by atomic mass is 9.80. The number of likely N-dealkylation sites (N-methyl/N-ethyl adjacent to an activating group) is 1. The lowest BCUT2D eigenvalue weighted by molar-refractivity contribution is -0.221. The number of hydrogen-bond donors (Lipinski definition) is 3. The van der Waals surface area contributed by atoms with E-state index in [1.165, 1.54) is 6.08 Å². The smallest absolute Gasteiger partial charge is 0.435 e. The highest BCUT2D eigenvalue weighted by atomic mass is 32.2. The number of aryl methyl sites for hydroxylation is 1. The summed E-state index contributed by atoms with van der Waals surface area (Å²) in [5.74, 6) is 0.128. The maximum atomic E-state index is 15.2. The molecule has 3 aliphatic rings. The van der Waals surface area contributed by atoms with E-state index >= 15 is 8.78 Å². The molecule has 2 aliphatic carbocycles. The van der Waals surface area contributed by atoms with Gasteiger partial charge in [0.25, 0.3) is 0 Å². The normalized spacial score (nSPS) is 20.5. The first-order chi connectivity index (χ1) is 19.8. The van der Waals surface area contributed by atoms with Crippen LogP contribution in [0.2, 0.25) is 0 Å². The number of hydrogen-bond acceptors (Lipinski definition) is 8. The van der Waals surface area contributed by atoms with Crippen LogP contribution in [0.1, 0.15) is 48.8 Å². The Balaban J connectivity index is 1.39. The summed E-state index contributed by atoms with van der Waals surface area (Å²) in [6.45, 7) is 3.68. The number of alkyl halides is 2. The first kappa shape index (κ1) is 30.8. The molecule has 1 aromatic carbocycles. The maximum absolute atomic E-state index is 15.2. The Hall–Kier alpha value is -2.67. The zero-order chi connectivity index (χ0) is 30.3.